The molecule has 6 atom stereocenters. The third kappa shape index (κ3) is 8.12. The molecule has 0 N–H and O–H groups in total. The fourth-order valence-corrected chi connectivity index (χ4v) is 12.5. The molecule has 0 spiro atoms. The number of hydrogen-bond donors (Lipinski definition) is 0. The Balaban J connectivity index is 1.21. The number of rotatable bonds is 9. The zero-order valence-electron chi connectivity index (χ0n) is 30.2. The molecule has 1 amide bonds. The van der Waals surface area contributed by atoms with Crippen molar-refractivity contribution >= 4 is 38.9 Å². The van der Waals surface area contributed by atoms with Crippen molar-refractivity contribution in [3.05, 3.63) is 0 Å². The summed E-state index contributed by atoms with van der Waals surface area (Å²) in [7, 11) is -3.17. The highest BCUT2D eigenvalue weighted by Gasteiger charge is 2.69. The molecule has 6 fully saturated rings. The normalized spacial score (nSPS) is 34.9. The maximum Gasteiger partial charge on any atom is 0.226 e. The molecule has 3 saturated heterocycles. The summed E-state index contributed by atoms with van der Waals surface area (Å²) in [6.07, 6.45) is 16.8. The van der Waals surface area contributed by atoms with Gasteiger partial charge in [0.25, 0.3) is 0 Å². The number of piperidine rings is 1. The van der Waals surface area contributed by atoms with E-state index in [9.17, 15) is 32.4 Å². The number of carbonyl (C=O) groups is 5. The van der Waals surface area contributed by atoms with Crippen molar-refractivity contribution in [2.45, 2.75) is 166 Å². The SMILES string of the molecule is CC1(C)[C@@H]2[C@H]3C(=O)C[C@H](C(=O)C(=O)CC4CC4)CCCCCCCCCC[C@H](CC(=O)CC4([C@@H]5CCS5(=O)=O)CCCCC4)C(=O)N3C[C@@H]21. The van der Waals surface area contributed by atoms with Gasteiger partial charge in [-0.25, -0.2) is 8.42 Å². The zero-order chi connectivity index (χ0) is 35.0. The van der Waals surface area contributed by atoms with Gasteiger partial charge in [-0.2, -0.15) is 0 Å². The maximum absolute atomic E-state index is 14.6. The molecular formula is C40H61NO7S. The minimum absolute atomic E-state index is 0.00493. The fraction of sp³-hybridized carbons (Fsp3) is 0.875. The highest BCUT2D eigenvalue weighted by molar-refractivity contribution is 7.93. The molecule has 3 aliphatic carbocycles. The van der Waals surface area contributed by atoms with E-state index in [-0.39, 0.29) is 65.5 Å². The summed E-state index contributed by atoms with van der Waals surface area (Å²) >= 11 is 0. The Morgan fingerprint density at radius 1 is 0.776 bits per heavy atom. The lowest BCUT2D eigenvalue weighted by atomic mass is 9.67. The van der Waals surface area contributed by atoms with Gasteiger partial charge in [-0.1, -0.05) is 84.5 Å². The van der Waals surface area contributed by atoms with E-state index >= 15 is 0 Å². The zero-order valence-corrected chi connectivity index (χ0v) is 31.0. The second-order valence-electron chi connectivity index (χ2n) is 17.8. The Kier molecular flexibility index (Phi) is 11.3. The number of carbonyl (C=O) groups excluding carboxylic acids is 5. The summed E-state index contributed by atoms with van der Waals surface area (Å²) in [5, 5.41) is -0.442. The second kappa shape index (κ2) is 15.0. The number of Topliss-reactive ketones (excluding diaryl/α,β-unsaturated/α-hetero) is 4. The van der Waals surface area contributed by atoms with Gasteiger partial charge in [0.2, 0.25) is 11.7 Å². The fourth-order valence-electron chi connectivity index (χ4n) is 10.6. The lowest BCUT2D eigenvalue weighted by molar-refractivity contribution is -0.146. The molecule has 0 bridgehead atoms. The van der Waals surface area contributed by atoms with E-state index < -0.39 is 44.2 Å². The van der Waals surface area contributed by atoms with Gasteiger partial charge in [-0.3, -0.25) is 24.0 Å². The molecule has 274 valence electrons. The quantitative estimate of drug-likeness (QED) is 0.238. The van der Waals surface area contributed by atoms with Crippen LogP contribution in [0, 0.1) is 40.4 Å². The Labute approximate surface area is 294 Å². The van der Waals surface area contributed by atoms with Crippen molar-refractivity contribution in [2.24, 2.45) is 40.4 Å². The molecule has 49 heavy (non-hydrogen) atoms. The van der Waals surface area contributed by atoms with E-state index in [1.165, 1.54) is 0 Å². The van der Waals surface area contributed by atoms with Gasteiger partial charge in [-0.15, -0.1) is 0 Å². The van der Waals surface area contributed by atoms with Crippen molar-refractivity contribution in [3.63, 3.8) is 0 Å². The Morgan fingerprint density at radius 3 is 1.98 bits per heavy atom. The summed E-state index contributed by atoms with van der Waals surface area (Å²) in [4.78, 5) is 71.1. The van der Waals surface area contributed by atoms with E-state index in [0.717, 1.165) is 96.3 Å². The lowest BCUT2D eigenvalue weighted by Gasteiger charge is -2.47. The molecule has 3 aliphatic heterocycles. The predicted octanol–water partition coefficient (Wildman–Crippen LogP) is 7.00. The average molecular weight is 700 g/mol. The lowest BCUT2D eigenvalue weighted by Crippen LogP contribution is -2.52. The van der Waals surface area contributed by atoms with E-state index in [2.05, 4.69) is 13.8 Å². The third-order valence-electron chi connectivity index (χ3n) is 13.9. The van der Waals surface area contributed by atoms with E-state index in [1.54, 1.807) is 4.90 Å². The molecule has 3 heterocycles. The molecular weight excluding hydrogens is 639 g/mol. The Morgan fingerprint density at radius 2 is 1.39 bits per heavy atom. The molecule has 6 rings (SSSR count). The number of fused-ring (bicyclic) bond motifs is 3. The predicted molar refractivity (Wildman–Crippen MR) is 188 cm³/mol. The second-order valence-corrected chi connectivity index (χ2v) is 20.1. The van der Waals surface area contributed by atoms with Crippen LogP contribution in [0.1, 0.15) is 155 Å². The number of hydrogen-bond acceptors (Lipinski definition) is 7. The molecule has 0 aromatic carbocycles. The Bertz CT molecular complexity index is 1390. The van der Waals surface area contributed by atoms with Crippen LogP contribution >= 0.6 is 0 Å². The minimum atomic E-state index is -3.17. The Hall–Kier alpha value is -1.90. The molecule has 6 aliphatic rings. The van der Waals surface area contributed by atoms with Crippen LogP contribution in [0.2, 0.25) is 0 Å². The van der Waals surface area contributed by atoms with Crippen LogP contribution in [0.15, 0.2) is 0 Å². The molecule has 3 saturated carbocycles. The van der Waals surface area contributed by atoms with Gasteiger partial charge in [-0.05, 0) is 73.5 Å². The van der Waals surface area contributed by atoms with Crippen LogP contribution in [-0.4, -0.2) is 65.9 Å². The van der Waals surface area contributed by atoms with E-state index in [4.69, 9.17) is 0 Å². The average Bonchev–Trinajstić information content (AvgIpc) is 3.90. The van der Waals surface area contributed by atoms with Gasteiger partial charge in [0, 0.05) is 44.1 Å². The van der Waals surface area contributed by atoms with Crippen LogP contribution in [-0.2, 0) is 33.8 Å². The first-order valence-corrected chi connectivity index (χ1v) is 21.7. The van der Waals surface area contributed by atoms with Crippen LogP contribution in [0.5, 0.6) is 0 Å². The van der Waals surface area contributed by atoms with Crippen LogP contribution in [0.4, 0.5) is 0 Å². The first-order chi connectivity index (χ1) is 23.3. The van der Waals surface area contributed by atoms with Crippen molar-refractivity contribution in [1.82, 2.24) is 4.90 Å². The smallest absolute Gasteiger partial charge is 0.226 e. The topological polar surface area (TPSA) is 123 Å². The number of ketones is 4. The largest absolute Gasteiger partial charge is 0.332 e. The molecule has 9 heteroatoms. The van der Waals surface area contributed by atoms with Gasteiger partial charge in [0.15, 0.2) is 21.4 Å². The van der Waals surface area contributed by atoms with Gasteiger partial charge < -0.3 is 4.90 Å². The summed E-state index contributed by atoms with van der Waals surface area (Å²) < 4.78 is 25.7. The number of amides is 1. The highest BCUT2D eigenvalue weighted by Crippen LogP contribution is 2.65. The highest BCUT2D eigenvalue weighted by atomic mass is 32.2. The van der Waals surface area contributed by atoms with Gasteiger partial charge >= 0.3 is 0 Å². The first-order valence-electron chi connectivity index (χ1n) is 20.0. The number of sulfone groups is 1. The van der Waals surface area contributed by atoms with Crippen molar-refractivity contribution in [3.8, 4) is 0 Å². The standard InChI is InChI=1S/C40H61NO7S/c1-39(2)31-26-41-36(35(31)39)32(43)24-28(37(45)33(44)22-27-16-17-27)14-10-7-5-3-4-6-8-11-15-29(38(41)46)23-30(42)25-40(19-12-9-13-20-40)34-18-21-49(34,47)48/h27-29,31,34-36H,3-26H2,1-2H3/t28-,29-,31+,34+,35+,36-/m1/s1. The van der Waals surface area contributed by atoms with Crippen LogP contribution in [0.3, 0.4) is 0 Å². The van der Waals surface area contributed by atoms with E-state index in [0.29, 0.717) is 38.1 Å². The summed E-state index contributed by atoms with van der Waals surface area (Å²) in [6.45, 7) is 4.79. The first kappa shape index (κ1) is 36.9. The van der Waals surface area contributed by atoms with Crippen molar-refractivity contribution in [2.75, 3.05) is 12.3 Å². The molecule has 0 aromatic heterocycles. The van der Waals surface area contributed by atoms with Gasteiger partial charge in [0.1, 0.15) is 5.78 Å². The van der Waals surface area contributed by atoms with E-state index in [1.807, 2.05) is 0 Å². The van der Waals surface area contributed by atoms with Crippen molar-refractivity contribution < 1.29 is 32.4 Å². The van der Waals surface area contributed by atoms with Crippen molar-refractivity contribution in [1.29, 1.82) is 0 Å². The molecule has 0 unspecified atom stereocenters. The third-order valence-corrected chi connectivity index (χ3v) is 16.4. The minimum Gasteiger partial charge on any atom is -0.332 e. The molecule has 0 radical (unpaired) electrons. The maximum atomic E-state index is 14.6. The number of nitrogens with zero attached hydrogens (tertiary/aromatic N) is 1. The van der Waals surface area contributed by atoms with Gasteiger partial charge in [0.05, 0.1) is 17.0 Å². The monoisotopic (exact) mass is 699 g/mol. The van der Waals surface area contributed by atoms with Crippen LogP contribution in [0.25, 0.3) is 0 Å². The summed E-state index contributed by atoms with van der Waals surface area (Å²) in [5.74, 6) is -1.39. The molecule has 8 nitrogen and oxygen atoms in total. The summed E-state index contributed by atoms with van der Waals surface area (Å²) in [6, 6.07) is -0.626. The van der Waals surface area contributed by atoms with Crippen LogP contribution < -0.4 is 0 Å². The molecule has 0 aromatic rings. The summed E-state index contributed by atoms with van der Waals surface area (Å²) in [5.41, 5.74) is -0.591.